The topological polar surface area (TPSA) is 164 Å². The van der Waals surface area contributed by atoms with Crippen LogP contribution in [0.25, 0.3) is 0 Å². The van der Waals surface area contributed by atoms with Crippen molar-refractivity contribution < 1.29 is 47.8 Å². The van der Waals surface area contributed by atoms with Gasteiger partial charge in [-0.05, 0) is 86.2 Å². The van der Waals surface area contributed by atoms with Crippen LogP contribution in [0, 0.1) is 14.9 Å². The van der Waals surface area contributed by atoms with E-state index in [1.165, 1.54) is 126 Å². The highest BCUT2D eigenvalue weighted by atomic mass is 28.4. The number of nitrogens with zero attached hydrogens (tertiary/aromatic N) is 5. The van der Waals surface area contributed by atoms with E-state index in [4.69, 9.17) is 28.8 Å². The summed E-state index contributed by atoms with van der Waals surface area (Å²) in [4.78, 5) is 55.5. The summed E-state index contributed by atoms with van der Waals surface area (Å²) in [6.07, 6.45) is 21.0. The van der Waals surface area contributed by atoms with E-state index >= 15 is 0 Å². The molecule has 17 heteroatoms. The molecule has 0 unspecified atom stereocenters. The van der Waals surface area contributed by atoms with E-state index in [2.05, 4.69) is 166 Å². The van der Waals surface area contributed by atoms with Crippen molar-refractivity contribution in [2.24, 2.45) is 0 Å². The van der Waals surface area contributed by atoms with Crippen LogP contribution in [0.4, 0.5) is 0 Å². The van der Waals surface area contributed by atoms with Crippen molar-refractivity contribution in [1.82, 2.24) is 9.80 Å². The van der Waals surface area contributed by atoms with Gasteiger partial charge in [0.05, 0.1) is 47.4 Å². The van der Waals surface area contributed by atoms with Crippen LogP contribution in [0.15, 0.2) is 0 Å². The molecule has 0 fully saturated rings. The van der Waals surface area contributed by atoms with Crippen molar-refractivity contribution in [2.45, 2.75) is 229 Å². The van der Waals surface area contributed by atoms with Gasteiger partial charge in [-0.1, -0.05) is 171 Å². The van der Waals surface area contributed by atoms with Gasteiger partial charge in [0.2, 0.25) is 0 Å². The zero-order valence-electron chi connectivity index (χ0n) is 54.4. The molecule has 0 aromatic rings. The van der Waals surface area contributed by atoms with Crippen molar-refractivity contribution in [2.75, 3.05) is 108 Å². The maximum absolute atomic E-state index is 8.94. The second kappa shape index (κ2) is 58.0. The number of hydrogen-bond acceptors (Lipinski definition) is 8. The number of rotatable bonds is 27. The van der Waals surface area contributed by atoms with Crippen LogP contribution in [-0.2, 0) is 5.48 Å². The predicted molar refractivity (Wildman–Crippen MR) is 341 cm³/mol. The van der Waals surface area contributed by atoms with Crippen LogP contribution in [0.2, 0.25) is 77.1 Å². The van der Waals surface area contributed by atoms with Crippen LogP contribution < -0.4 is 0 Å². The van der Waals surface area contributed by atoms with Crippen LogP contribution in [0.3, 0.4) is 0 Å². The molecule has 0 heterocycles. The van der Waals surface area contributed by atoms with Gasteiger partial charge >= 0.3 is 17.6 Å². The third-order valence-electron chi connectivity index (χ3n) is 10.4. The van der Waals surface area contributed by atoms with Gasteiger partial charge < -0.3 is 67.9 Å². The lowest BCUT2D eigenvalue weighted by molar-refractivity contribution is -0.882. The smallest absolute Gasteiger partial charge is 0.457 e. The first-order valence-electron chi connectivity index (χ1n) is 27.3. The number of unbranched alkanes of at least 4 members (excludes halogenated alkanes) is 10. The van der Waals surface area contributed by atoms with Gasteiger partial charge in [0.15, 0.2) is 0 Å². The highest BCUT2D eigenvalue weighted by Crippen LogP contribution is 2.11. The second-order valence-electron chi connectivity index (χ2n) is 24.6. The second-order valence-corrected chi connectivity index (χ2v) is 45.9. The maximum atomic E-state index is 8.94. The highest BCUT2D eigenvalue weighted by Gasteiger charge is 2.37. The van der Waals surface area contributed by atoms with Gasteiger partial charge in [-0.25, -0.2) is 4.58 Å². The van der Waals surface area contributed by atoms with E-state index in [9.17, 15) is 0 Å². The van der Waals surface area contributed by atoms with Crippen LogP contribution in [0.5, 0.6) is 0 Å². The molecule has 0 aliphatic heterocycles. The lowest BCUT2D eigenvalue weighted by atomic mass is 10.2. The Hall–Kier alpha value is 0.314. The minimum Gasteiger partial charge on any atom is -0.457 e. The molecule has 0 saturated heterocycles. The van der Waals surface area contributed by atoms with Gasteiger partial charge in [0.1, 0.15) is 34.6 Å². The molecule has 0 spiro atoms. The first-order chi connectivity index (χ1) is 30.5. The molecule has 12 nitrogen and oxygen atoms in total. The average Bonchev–Trinajstić information content (AvgIpc) is 3.14. The van der Waals surface area contributed by atoms with Crippen LogP contribution in [0.1, 0.15) is 152 Å². The summed E-state index contributed by atoms with van der Waals surface area (Å²) in [5.41, 5.74) is 0. The van der Waals surface area contributed by atoms with Gasteiger partial charge in [0, 0.05) is 28.6 Å². The maximum Gasteiger partial charge on any atom is 0.550 e. The summed E-state index contributed by atoms with van der Waals surface area (Å²) in [6.45, 7) is 48.4. The largest absolute Gasteiger partial charge is 0.550 e. The Balaban J connectivity index is -0.0000000652. The molecule has 0 aliphatic carbocycles. The fourth-order valence-corrected chi connectivity index (χ4v) is 9.62. The summed E-state index contributed by atoms with van der Waals surface area (Å²) in [5, 5.41) is 0. The standard InChI is InChI=1S/C11H28NSi.C8H22NO3Si.2C7H17N.C7H16N.2C5H14Si.C2H8O3Si.2CH3.H2O/c1-7-8-9-10-12(2,3)11-13(4,5)6;1-4-5-6-7-9(2,3)8-13(10,11)12;3*1-4-5-6-7-8(2)3;2*1-5-6(2,3)4;1-2-6(3,4)5;;;/h7-11H2,1-6H3;10-12H,4-8H2,1-3H3;2*4-7H2,1-3H3;2,4-7H2,1,3H3;2*5H2,1-4H3;3-5H,2H2,1H3;2*1H3;1H2/q2*+1;;;+1;;;;2*-1;/p+1. The van der Waals surface area contributed by atoms with Gasteiger partial charge in [-0.15, -0.1) is 0 Å². The van der Waals surface area contributed by atoms with E-state index in [0.29, 0.717) is 4.48 Å². The van der Waals surface area contributed by atoms with Gasteiger partial charge in [0.25, 0.3) is 0 Å². The minimum absolute atomic E-state index is 0. The zero-order valence-corrected chi connectivity index (χ0v) is 59.4. The van der Waals surface area contributed by atoms with E-state index in [0.717, 1.165) is 32.4 Å². The Morgan fingerprint density at radius 3 is 0.831 bits per heavy atom. The van der Waals surface area contributed by atoms with Crippen LogP contribution in [-0.4, -0.2) is 209 Å². The number of hydrogen-bond donors (Lipinski definition) is 6. The Morgan fingerprint density at radius 2 is 0.648 bits per heavy atom. The summed E-state index contributed by atoms with van der Waals surface area (Å²) in [6, 6.07) is 2.90. The summed E-state index contributed by atoms with van der Waals surface area (Å²) >= 11 is 0. The summed E-state index contributed by atoms with van der Waals surface area (Å²) in [5.74, 6) is 0. The molecule has 0 rings (SSSR count). The molecular weight excluding hydrogens is 971 g/mol. The molecule has 0 saturated carbocycles. The zero-order chi connectivity index (χ0) is 55.9. The molecule has 0 amide bonds. The van der Waals surface area contributed by atoms with Crippen molar-refractivity contribution in [3.8, 4) is 0 Å². The Labute approximate surface area is 456 Å². The van der Waals surface area contributed by atoms with Crippen molar-refractivity contribution in [3.63, 3.8) is 0 Å². The third kappa shape index (κ3) is 141. The third-order valence-corrected chi connectivity index (χ3v) is 18.7. The van der Waals surface area contributed by atoms with Crippen molar-refractivity contribution >= 4 is 48.5 Å². The van der Waals surface area contributed by atoms with E-state index in [1.807, 2.05) is 25.7 Å². The molecule has 0 aromatic carbocycles. The number of quaternary nitrogens is 2. The lowest BCUT2D eigenvalue weighted by Crippen LogP contribution is -2.56. The van der Waals surface area contributed by atoms with Gasteiger partial charge in [-0.2, -0.15) is 0 Å². The molecule has 0 atom stereocenters. The summed E-state index contributed by atoms with van der Waals surface area (Å²) < 4.78 is 3.70. The van der Waals surface area contributed by atoms with E-state index in [-0.39, 0.29) is 32.5 Å². The molecular formula is C54H145N5O7Si5+2. The summed E-state index contributed by atoms with van der Waals surface area (Å²) in [7, 11) is 9.41. The minimum atomic E-state index is -3.88. The average molecular weight is 1120 g/mol. The normalized spacial score (nSPS) is 11.4. The highest BCUT2D eigenvalue weighted by molar-refractivity contribution is 6.76. The molecule has 9 N–H and O–H groups in total. The molecule has 71 heavy (non-hydrogen) atoms. The quantitative estimate of drug-likeness (QED) is 0.00900. The van der Waals surface area contributed by atoms with Crippen molar-refractivity contribution in [1.29, 1.82) is 0 Å². The molecule has 446 valence electrons. The molecule has 0 radical (unpaired) electrons. The Bertz CT molecular complexity index is 934. The predicted octanol–water partition coefficient (Wildman–Crippen LogP) is 11.4. The first-order valence-corrected chi connectivity index (χ1v) is 42.5. The fraction of sp³-hybridized carbons (Fsp3) is 0.944. The van der Waals surface area contributed by atoms with Gasteiger partial charge in [-0.3, -0.25) is 0 Å². The molecule has 0 aliphatic rings. The molecule has 0 bridgehead atoms. The Morgan fingerprint density at radius 1 is 0.408 bits per heavy atom. The monoisotopic (exact) mass is 1120 g/mol. The van der Waals surface area contributed by atoms with E-state index < -0.39 is 41.8 Å². The SMILES string of the molecule is C=[N+](C)CCCCC.CCCCCN(C)C.CCCCCN(C)C.CCCCC[N+](C)(C)C[Si](C)(C)C.CCCCC[N+](C)(C)C[Si](O)(O)O.CC[Si](C)(C)C.CC[Si](C)(C)C.CC[Si](O)(O)O.[CH3-].[CH3-].[OH3+]. The fourth-order valence-electron chi connectivity index (χ4n) is 5.58. The van der Waals surface area contributed by atoms with E-state index in [1.54, 1.807) is 0 Å². The first kappa shape index (κ1) is 96.9. The van der Waals surface area contributed by atoms with Crippen molar-refractivity contribution in [3.05, 3.63) is 14.9 Å². The Kier molecular flexibility index (Phi) is 79.2. The van der Waals surface area contributed by atoms with Crippen LogP contribution >= 0.6 is 0 Å². The lowest BCUT2D eigenvalue weighted by Gasteiger charge is -2.35. The molecule has 0 aromatic heterocycles.